The number of nitrogens with zero attached hydrogens (tertiary/aromatic N) is 3. The number of fused-ring (bicyclic) bond motifs is 1. The number of amides is 2. The number of carbonyl (C=O) groups is 2. The molecule has 0 aliphatic heterocycles. The highest BCUT2D eigenvalue weighted by Gasteiger charge is 2.49. The molecule has 8 nitrogen and oxygen atoms in total. The Balaban J connectivity index is 1.81. The zero-order valence-corrected chi connectivity index (χ0v) is 16.8. The van der Waals surface area contributed by atoms with Crippen LogP contribution in [0.25, 0.3) is 16.7 Å². The summed E-state index contributed by atoms with van der Waals surface area (Å²) in [6, 6.07) is 11.0. The molecule has 1 fully saturated rings. The predicted octanol–water partition coefficient (Wildman–Crippen LogP) is 2.12. The van der Waals surface area contributed by atoms with Gasteiger partial charge in [-0.15, -0.1) is 15.0 Å². The molecule has 3 aromatic rings. The van der Waals surface area contributed by atoms with Crippen molar-refractivity contribution in [2.45, 2.75) is 39.0 Å². The molecule has 0 radical (unpaired) electrons. The zero-order valence-electron chi connectivity index (χ0n) is 16.8. The number of carbonyl (C=O) groups excluding carboxylic acids is 2. The van der Waals surface area contributed by atoms with Gasteiger partial charge in [0.25, 0.3) is 0 Å². The second-order valence-corrected chi connectivity index (χ2v) is 8.17. The number of aromatic hydroxyl groups is 1. The maximum atomic E-state index is 12.6. The van der Waals surface area contributed by atoms with Crippen LogP contribution < -0.4 is 11.5 Å². The molecule has 1 saturated carbocycles. The third-order valence-corrected chi connectivity index (χ3v) is 6.19. The number of phenols is 1. The van der Waals surface area contributed by atoms with Crippen LogP contribution in [0.1, 0.15) is 36.8 Å². The maximum absolute atomic E-state index is 12.6. The van der Waals surface area contributed by atoms with Crippen LogP contribution in [0.2, 0.25) is 0 Å². The van der Waals surface area contributed by atoms with E-state index in [1.165, 1.54) is 4.80 Å². The number of rotatable bonds is 5. The van der Waals surface area contributed by atoms with Crippen LogP contribution in [0.4, 0.5) is 0 Å². The highest BCUT2D eigenvalue weighted by atomic mass is 16.3. The summed E-state index contributed by atoms with van der Waals surface area (Å²) >= 11 is 0. The fourth-order valence-corrected chi connectivity index (χ4v) is 4.68. The van der Waals surface area contributed by atoms with Crippen LogP contribution in [0.5, 0.6) is 5.75 Å². The van der Waals surface area contributed by atoms with E-state index in [9.17, 15) is 14.7 Å². The molecule has 4 rings (SSSR count). The minimum Gasteiger partial charge on any atom is -0.505 e. The summed E-state index contributed by atoms with van der Waals surface area (Å²) in [5.41, 5.74) is 13.5. The van der Waals surface area contributed by atoms with Crippen molar-refractivity contribution >= 4 is 22.8 Å². The van der Waals surface area contributed by atoms with Crippen molar-refractivity contribution in [2.75, 3.05) is 0 Å². The Morgan fingerprint density at radius 2 is 1.83 bits per heavy atom. The molecular weight excluding hydrogens is 382 g/mol. The summed E-state index contributed by atoms with van der Waals surface area (Å²) in [5, 5.41) is 20.0. The van der Waals surface area contributed by atoms with E-state index in [1.807, 2.05) is 31.2 Å². The van der Waals surface area contributed by atoms with Gasteiger partial charge in [0.05, 0.1) is 11.3 Å². The molecule has 2 unspecified atom stereocenters. The van der Waals surface area contributed by atoms with E-state index in [2.05, 4.69) is 10.2 Å². The second kappa shape index (κ2) is 7.44. The summed E-state index contributed by atoms with van der Waals surface area (Å²) in [7, 11) is 0. The Bertz CT molecular complexity index is 1110. The molecular formula is C22H25N5O3. The number of primary amides is 2. The lowest BCUT2D eigenvalue weighted by atomic mass is 9.62. The highest BCUT2D eigenvalue weighted by molar-refractivity contribution is 5.89. The monoisotopic (exact) mass is 407 g/mol. The predicted molar refractivity (Wildman–Crippen MR) is 112 cm³/mol. The Labute approximate surface area is 173 Å². The second-order valence-electron chi connectivity index (χ2n) is 8.17. The Kier molecular flexibility index (Phi) is 4.93. The van der Waals surface area contributed by atoms with E-state index in [0.29, 0.717) is 35.1 Å². The average Bonchev–Trinajstić information content (AvgIpc) is 3.14. The number of aromatic nitrogens is 3. The van der Waals surface area contributed by atoms with Crippen molar-refractivity contribution in [3.8, 4) is 11.4 Å². The molecule has 0 bridgehead atoms. The van der Waals surface area contributed by atoms with E-state index in [4.69, 9.17) is 11.5 Å². The number of hydrogen-bond donors (Lipinski definition) is 3. The Morgan fingerprint density at radius 1 is 1.17 bits per heavy atom. The number of aryl methyl sites for hydroxylation is 1. The van der Waals surface area contributed by atoms with Crippen LogP contribution in [-0.2, 0) is 16.0 Å². The van der Waals surface area contributed by atoms with E-state index >= 15 is 0 Å². The molecule has 2 atom stereocenters. The lowest BCUT2D eigenvalue weighted by Gasteiger charge is -2.40. The van der Waals surface area contributed by atoms with E-state index in [1.54, 1.807) is 12.1 Å². The van der Waals surface area contributed by atoms with Crippen molar-refractivity contribution in [3.05, 3.63) is 47.5 Å². The number of hydrogen-bond acceptors (Lipinski definition) is 5. The van der Waals surface area contributed by atoms with Crippen LogP contribution in [0.15, 0.2) is 36.4 Å². The molecule has 1 aliphatic rings. The van der Waals surface area contributed by atoms with Gasteiger partial charge in [-0.1, -0.05) is 31.0 Å². The highest BCUT2D eigenvalue weighted by Crippen LogP contribution is 2.45. The quantitative estimate of drug-likeness (QED) is 0.595. The van der Waals surface area contributed by atoms with E-state index in [0.717, 1.165) is 18.4 Å². The van der Waals surface area contributed by atoms with Gasteiger partial charge in [0, 0.05) is 0 Å². The standard InChI is InChI=1S/C22H25N5O3/c1-13-10-14(12-22(21(24)30)9-5-4-6-15(22)20(23)29)19(28)18(11-13)27-25-16-7-2-3-8-17(16)26-27/h2-3,7-8,10-11,15,28H,4-6,9,12H2,1H3,(H2,23,29)(H2,24,30). The first-order valence-electron chi connectivity index (χ1n) is 10.1. The third-order valence-electron chi connectivity index (χ3n) is 6.19. The summed E-state index contributed by atoms with van der Waals surface area (Å²) in [6.07, 6.45) is 2.71. The van der Waals surface area contributed by atoms with Gasteiger partial charge in [-0.25, -0.2) is 0 Å². The molecule has 1 aliphatic carbocycles. The largest absolute Gasteiger partial charge is 0.505 e. The molecule has 8 heteroatoms. The fraction of sp³-hybridized carbons (Fsp3) is 0.364. The number of nitrogens with two attached hydrogens (primary N) is 2. The van der Waals surface area contributed by atoms with Gasteiger partial charge in [-0.2, -0.15) is 0 Å². The first-order valence-corrected chi connectivity index (χ1v) is 10.1. The van der Waals surface area contributed by atoms with Crippen molar-refractivity contribution in [3.63, 3.8) is 0 Å². The summed E-state index contributed by atoms with van der Waals surface area (Å²) in [6.45, 7) is 1.89. The first kappa shape index (κ1) is 19.9. The van der Waals surface area contributed by atoms with Crippen LogP contribution >= 0.6 is 0 Å². The Hall–Kier alpha value is -3.42. The molecule has 1 heterocycles. The molecule has 5 N–H and O–H groups in total. The summed E-state index contributed by atoms with van der Waals surface area (Å²) in [5.74, 6) is -1.77. The topological polar surface area (TPSA) is 137 Å². The van der Waals surface area contributed by atoms with Gasteiger partial charge >= 0.3 is 0 Å². The van der Waals surface area contributed by atoms with Crippen LogP contribution in [-0.4, -0.2) is 31.9 Å². The fourth-order valence-electron chi connectivity index (χ4n) is 4.68. The summed E-state index contributed by atoms with van der Waals surface area (Å²) < 4.78 is 0. The van der Waals surface area contributed by atoms with Gasteiger partial charge in [0.2, 0.25) is 11.8 Å². The molecule has 1 aromatic heterocycles. The van der Waals surface area contributed by atoms with E-state index < -0.39 is 23.1 Å². The van der Waals surface area contributed by atoms with E-state index in [-0.39, 0.29) is 12.2 Å². The molecule has 156 valence electrons. The number of benzene rings is 2. The minimum atomic E-state index is -1.12. The zero-order chi connectivity index (χ0) is 21.5. The third kappa shape index (κ3) is 3.28. The van der Waals surface area contributed by atoms with Gasteiger partial charge in [-0.3, -0.25) is 9.59 Å². The normalized spacial score (nSPS) is 21.6. The number of phenolic OH excluding ortho intramolecular Hbond substituents is 1. The first-order chi connectivity index (χ1) is 14.3. The average molecular weight is 407 g/mol. The van der Waals surface area contributed by atoms with Crippen molar-refractivity contribution < 1.29 is 14.7 Å². The van der Waals surface area contributed by atoms with Gasteiger partial charge in [0.1, 0.15) is 22.5 Å². The minimum absolute atomic E-state index is 0.0321. The van der Waals surface area contributed by atoms with Gasteiger partial charge in [-0.05, 0) is 55.5 Å². The lowest BCUT2D eigenvalue weighted by molar-refractivity contribution is -0.141. The molecule has 2 aromatic carbocycles. The smallest absolute Gasteiger partial charge is 0.224 e. The van der Waals surface area contributed by atoms with Crippen molar-refractivity contribution in [2.24, 2.45) is 22.8 Å². The van der Waals surface area contributed by atoms with Gasteiger partial charge < -0.3 is 16.6 Å². The lowest BCUT2D eigenvalue weighted by Crippen LogP contribution is -2.51. The Morgan fingerprint density at radius 3 is 2.43 bits per heavy atom. The maximum Gasteiger partial charge on any atom is 0.224 e. The summed E-state index contributed by atoms with van der Waals surface area (Å²) in [4.78, 5) is 26.1. The van der Waals surface area contributed by atoms with Crippen LogP contribution in [0.3, 0.4) is 0 Å². The van der Waals surface area contributed by atoms with Crippen LogP contribution in [0, 0.1) is 18.3 Å². The molecule has 30 heavy (non-hydrogen) atoms. The molecule has 0 spiro atoms. The molecule has 0 saturated heterocycles. The van der Waals surface area contributed by atoms with Gasteiger partial charge in [0.15, 0.2) is 0 Å². The van der Waals surface area contributed by atoms with Crippen molar-refractivity contribution in [1.29, 1.82) is 0 Å². The molecule has 2 amide bonds. The van der Waals surface area contributed by atoms with Crippen molar-refractivity contribution in [1.82, 2.24) is 15.0 Å². The SMILES string of the molecule is Cc1cc(CC2(C(N)=O)CCCCC2C(N)=O)c(O)c(-n2nc3ccccc3n2)c1.